The minimum atomic E-state index is -0.487. The first-order chi connectivity index (χ1) is 10.1. The van der Waals surface area contributed by atoms with E-state index in [0.29, 0.717) is 12.8 Å². The topological polar surface area (TPSA) is 66.8 Å². The van der Waals surface area contributed by atoms with Crippen LogP contribution >= 0.6 is 0 Å². The van der Waals surface area contributed by atoms with Gasteiger partial charge in [0.25, 0.3) is 0 Å². The number of aliphatic hydroxyl groups excluding tert-OH is 2. The number of carbonyl (C=O) groups is 1. The molecular weight excluding hydrogens is 268 g/mol. The summed E-state index contributed by atoms with van der Waals surface area (Å²) < 4.78 is 6.07. The fourth-order valence-corrected chi connectivity index (χ4v) is 3.75. The summed E-state index contributed by atoms with van der Waals surface area (Å²) in [4.78, 5) is 11.1. The van der Waals surface area contributed by atoms with Gasteiger partial charge in [-0.15, -0.1) is 0 Å². The highest BCUT2D eigenvalue weighted by molar-refractivity contribution is 5.75. The van der Waals surface area contributed by atoms with Crippen LogP contribution in [-0.2, 0) is 11.2 Å². The molecule has 1 saturated carbocycles. The van der Waals surface area contributed by atoms with Crippen LogP contribution in [0.25, 0.3) is 0 Å². The lowest BCUT2D eigenvalue weighted by Crippen LogP contribution is -2.22. The van der Waals surface area contributed by atoms with Crippen molar-refractivity contribution in [3.05, 3.63) is 29.3 Å². The van der Waals surface area contributed by atoms with Crippen molar-refractivity contribution in [2.45, 2.75) is 50.7 Å². The maximum Gasteiger partial charge on any atom is 0.129 e. The summed E-state index contributed by atoms with van der Waals surface area (Å²) in [6, 6.07) is 6.09. The number of fused-ring (bicyclic) bond motifs is 3. The summed E-state index contributed by atoms with van der Waals surface area (Å²) in [6.07, 6.45) is 2.32. The van der Waals surface area contributed by atoms with Gasteiger partial charge in [0.1, 0.15) is 17.6 Å². The van der Waals surface area contributed by atoms with Crippen LogP contribution in [0, 0.1) is 5.92 Å². The summed E-state index contributed by atoms with van der Waals surface area (Å²) >= 11 is 0. The number of para-hydroxylation sites is 1. The average Bonchev–Trinajstić information content (AvgIpc) is 2.93. The van der Waals surface area contributed by atoms with E-state index < -0.39 is 6.10 Å². The highest BCUT2D eigenvalue weighted by Crippen LogP contribution is 2.51. The molecule has 0 unspecified atom stereocenters. The summed E-state index contributed by atoms with van der Waals surface area (Å²) in [5.74, 6) is 1.08. The average molecular weight is 290 g/mol. The molecule has 2 aliphatic rings. The van der Waals surface area contributed by atoms with E-state index in [4.69, 9.17) is 4.74 Å². The molecular formula is C17H22O4. The number of ether oxygens (including phenoxy) is 1. The Balaban J connectivity index is 1.82. The van der Waals surface area contributed by atoms with Crippen molar-refractivity contribution in [1.82, 2.24) is 0 Å². The Morgan fingerprint density at radius 1 is 1.43 bits per heavy atom. The zero-order valence-corrected chi connectivity index (χ0v) is 12.3. The highest BCUT2D eigenvalue weighted by atomic mass is 16.5. The number of ketones is 1. The van der Waals surface area contributed by atoms with E-state index in [0.717, 1.165) is 29.7 Å². The monoisotopic (exact) mass is 290 g/mol. The van der Waals surface area contributed by atoms with Crippen molar-refractivity contribution in [3.63, 3.8) is 0 Å². The van der Waals surface area contributed by atoms with Crippen LogP contribution in [0.2, 0.25) is 0 Å². The lowest BCUT2D eigenvalue weighted by Gasteiger charge is -2.18. The highest BCUT2D eigenvalue weighted by Gasteiger charge is 2.49. The molecule has 1 aromatic carbocycles. The molecule has 21 heavy (non-hydrogen) atoms. The molecule has 0 amide bonds. The SMILES string of the molecule is CC(=O)CCCc1cccc2c1O[C@H]1C[C@@H](O)[C@H](CO)[C@@H]21. The third-order valence-electron chi connectivity index (χ3n) is 4.77. The van der Waals surface area contributed by atoms with Crippen LogP contribution < -0.4 is 4.74 Å². The maximum absolute atomic E-state index is 11.1. The summed E-state index contributed by atoms with van der Waals surface area (Å²) in [5, 5.41) is 19.5. The standard InChI is InChI=1S/C17H22O4/c1-10(19)4-2-5-11-6-3-7-12-16-13(9-18)14(20)8-15(16)21-17(11)12/h3,6-7,13-16,18,20H,2,4-5,8-9H2,1H3/t13-,14+,15-,16+/m0/s1. The Morgan fingerprint density at radius 3 is 2.95 bits per heavy atom. The van der Waals surface area contributed by atoms with Gasteiger partial charge in [-0.1, -0.05) is 18.2 Å². The van der Waals surface area contributed by atoms with Gasteiger partial charge in [0.15, 0.2) is 0 Å². The normalized spacial score (nSPS) is 29.9. The molecule has 114 valence electrons. The van der Waals surface area contributed by atoms with Crippen molar-refractivity contribution in [2.75, 3.05) is 6.61 Å². The second-order valence-corrected chi connectivity index (χ2v) is 6.22. The van der Waals surface area contributed by atoms with E-state index in [1.165, 1.54) is 0 Å². The molecule has 0 aromatic heterocycles. The number of hydrogen-bond donors (Lipinski definition) is 2. The van der Waals surface area contributed by atoms with Crippen molar-refractivity contribution in [2.24, 2.45) is 5.92 Å². The van der Waals surface area contributed by atoms with E-state index in [1.54, 1.807) is 6.92 Å². The molecule has 1 aliphatic heterocycles. The molecule has 4 nitrogen and oxygen atoms in total. The number of hydrogen-bond acceptors (Lipinski definition) is 4. The number of carbonyl (C=O) groups excluding carboxylic acids is 1. The van der Waals surface area contributed by atoms with Gasteiger partial charge in [-0.25, -0.2) is 0 Å². The largest absolute Gasteiger partial charge is 0.489 e. The third kappa shape index (κ3) is 2.58. The Bertz CT molecular complexity index is 540. The molecule has 0 radical (unpaired) electrons. The predicted octanol–water partition coefficient (Wildman–Crippen LogP) is 1.82. The van der Waals surface area contributed by atoms with Gasteiger partial charge in [-0.3, -0.25) is 0 Å². The molecule has 1 fully saturated rings. The molecule has 3 rings (SSSR count). The van der Waals surface area contributed by atoms with Gasteiger partial charge in [-0.2, -0.15) is 0 Å². The van der Waals surface area contributed by atoms with Crippen LogP contribution in [-0.4, -0.2) is 34.8 Å². The Kier molecular flexibility index (Phi) is 4.00. The van der Waals surface area contributed by atoms with Crippen molar-refractivity contribution < 1.29 is 19.7 Å². The first kappa shape index (κ1) is 14.5. The minimum Gasteiger partial charge on any atom is -0.489 e. The number of benzene rings is 1. The van der Waals surface area contributed by atoms with Gasteiger partial charge in [0, 0.05) is 36.8 Å². The number of rotatable bonds is 5. The molecule has 2 N–H and O–H groups in total. The molecule has 1 heterocycles. The number of aliphatic hydroxyl groups is 2. The Labute approximate surface area is 124 Å². The quantitative estimate of drug-likeness (QED) is 0.868. The number of Topliss-reactive ketones (excluding diaryl/α,β-unsaturated/α-hetero) is 1. The lowest BCUT2D eigenvalue weighted by atomic mass is 9.87. The van der Waals surface area contributed by atoms with E-state index in [1.807, 2.05) is 18.2 Å². The molecule has 4 atom stereocenters. The van der Waals surface area contributed by atoms with Gasteiger partial charge >= 0.3 is 0 Å². The smallest absolute Gasteiger partial charge is 0.129 e. The molecule has 1 aromatic rings. The van der Waals surface area contributed by atoms with Crippen LogP contribution in [0.3, 0.4) is 0 Å². The minimum absolute atomic E-state index is 0.0142. The van der Waals surface area contributed by atoms with Crippen molar-refractivity contribution >= 4 is 5.78 Å². The number of aryl methyl sites for hydroxylation is 1. The van der Waals surface area contributed by atoms with Crippen molar-refractivity contribution in [1.29, 1.82) is 0 Å². The van der Waals surface area contributed by atoms with Gasteiger partial charge < -0.3 is 19.7 Å². The van der Waals surface area contributed by atoms with Crippen LogP contribution in [0.4, 0.5) is 0 Å². The molecule has 0 saturated heterocycles. The van der Waals surface area contributed by atoms with Gasteiger partial charge in [0.2, 0.25) is 0 Å². The van der Waals surface area contributed by atoms with Crippen LogP contribution in [0.5, 0.6) is 5.75 Å². The summed E-state index contributed by atoms with van der Waals surface area (Å²) in [5.41, 5.74) is 2.24. The molecule has 0 spiro atoms. The van der Waals surface area contributed by atoms with E-state index in [9.17, 15) is 15.0 Å². The Morgan fingerprint density at radius 2 is 2.24 bits per heavy atom. The van der Waals surface area contributed by atoms with Crippen LogP contribution in [0.1, 0.15) is 43.2 Å². The molecule has 0 bridgehead atoms. The van der Waals surface area contributed by atoms with E-state index in [-0.39, 0.29) is 30.3 Å². The lowest BCUT2D eigenvalue weighted by molar-refractivity contribution is -0.117. The first-order valence-electron chi connectivity index (χ1n) is 7.68. The predicted molar refractivity (Wildman–Crippen MR) is 78.4 cm³/mol. The molecule has 1 aliphatic carbocycles. The first-order valence-corrected chi connectivity index (χ1v) is 7.68. The van der Waals surface area contributed by atoms with Crippen molar-refractivity contribution in [3.8, 4) is 5.75 Å². The van der Waals surface area contributed by atoms with Gasteiger partial charge in [-0.05, 0) is 25.3 Å². The fraction of sp³-hybridized carbons (Fsp3) is 0.588. The summed E-state index contributed by atoms with van der Waals surface area (Å²) in [6.45, 7) is 1.60. The summed E-state index contributed by atoms with van der Waals surface area (Å²) in [7, 11) is 0. The molecule has 4 heteroatoms. The second-order valence-electron chi connectivity index (χ2n) is 6.22. The Hall–Kier alpha value is -1.39. The van der Waals surface area contributed by atoms with E-state index >= 15 is 0 Å². The van der Waals surface area contributed by atoms with Crippen LogP contribution in [0.15, 0.2) is 18.2 Å². The fourth-order valence-electron chi connectivity index (χ4n) is 3.75. The maximum atomic E-state index is 11.1. The third-order valence-corrected chi connectivity index (χ3v) is 4.77. The zero-order chi connectivity index (χ0) is 15.0. The van der Waals surface area contributed by atoms with E-state index in [2.05, 4.69) is 0 Å². The second kappa shape index (κ2) is 5.78. The van der Waals surface area contributed by atoms with Gasteiger partial charge in [0.05, 0.1) is 6.10 Å². The zero-order valence-electron chi connectivity index (χ0n) is 12.3.